The number of thiophene rings is 1. The Balaban J connectivity index is 1.38. The average molecular weight is 481 g/mol. The predicted molar refractivity (Wildman–Crippen MR) is 131 cm³/mol. The second-order valence-corrected chi connectivity index (χ2v) is 10.5. The van der Waals surface area contributed by atoms with Gasteiger partial charge in [-0.25, -0.2) is 4.79 Å². The van der Waals surface area contributed by atoms with Crippen LogP contribution in [0.25, 0.3) is 16.6 Å². The molecule has 1 aliphatic carbocycles. The number of nitrogens with one attached hydrogen (secondary N) is 1. The molecule has 0 fully saturated rings. The number of aromatic nitrogens is 3. The van der Waals surface area contributed by atoms with Crippen LogP contribution in [-0.2, 0) is 22.4 Å². The number of anilines is 1. The third kappa shape index (κ3) is 4.00. The normalized spacial score (nSPS) is 15.5. The number of methoxy groups -OCH3 is 1. The molecule has 1 amide bonds. The minimum atomic E-state index is -0.393. The van der Waals surface area contributed by atoms with Crippen molar-refractivity contribution in [2.24, 2.45) is 5.92 Å². The Morgan fingerprint density at radius 1 is 1.30 bits per heavy atom. The van der Waals surface area contributed by atoms with E-state index in [1.165, 1.54) is 35.1 Å². The van der Waals surface area contributed by atoms with Gasteiger partial charge in [-0.1, -0.05) is 36.9 Å². The van der Waals surface area contributed by atoms with Crippen LogP contribution in [-0.4, -0.2) is 39.3 Å². The molecular weight excluding hydrogens is 456 g/mol. The van der Waals surface area contributed by atoms with Crippen molar-refractivity contribution in [1.82, 2.24) is 14.6 Å². The molecule has 33 heavy (non-hydrogen) atoms. The van der Waals surface area contributed by atoms with Crippen molar-refractivity contribution in [3.8, 4) is 0 Å². The number of fused-ring (bicyclic) bond motifs is 4. The number of esters is 1. The number of hydrogen-bond acceptors (Lipinski definition) is 7. The molecule has 1 aromatic carbocycles. The molecular formula is C24H24N4O3S2. The summed E-state index contributed by atoms with van der Waals surface area (Å²) in [5.41, 5.74) is 4.43. The Bertz CT molecular complexity index is 1390. The largest absolute Gasteiger partial charge is 0.465 e. The molecule has 0 saturated carbocycles. The molecule has 0 saturated heterocycles. The van der Waals surface area contributed by atoms with E-state index in [-0.39, 0.29) is 11.7 Å². The maximum absolute atomic E-state index is 12.9. The zero-order valence-corrected chi connectivity index (χ0v) is 20.3. The van der Waals surface area contributed by atoms with E-state index in [1.54, 1.807) is 0 Å². The van der Waals surface area contributed by atoms with Crippen LogP contribution in [0.2, 0.25) is 0 Å². The number of benzene rings is 1. The number of ether oxygens (including phenoxy) is 1. The van der Waals surface area contributed by atoms with E-state index in [4.69, 9.17) is 4.74 Å². The first-order chi connectivity index (χ1) is 16.0. The van der Waals surface area contributed by atoms with Crippen molar-refractivity contribution in [1.29, 1.82) is 0 Å². The van der Waals surface area contributed by atoms with E-state index < -0.39 is 5.97 Å². The molecule has 0 bridgehead atoms. The third-order valence-electron chi connectivity index (χ3n) is 6.06. The van der Waals surface area contributed by atoms with Crippen LogP contribution in [0.3, 0.4) is 0 Å². The maximum Gasteiger partial charge on any atom is 0.341 e. The van der Waals surface area contributed by atoms with Gasteiger partial charge in [0, 0.05) is 10.3 Å². The number of carbonyl (C=O) groups excluding carboxylic acids is 2. The van der Waals surface area contributed by atoms with E-state index in [9.17, 15) is 9.59 Å². The smallest absolute Gasteiger partial charge is 0.341 e. The van der Waals surface area contributed by atoms with Crippen LogP contribution < -0.4 is 5.32 Å². The molecule has 0 aliphatic heterocycles. The highest BCUT2D eigenvalue weighted by Gasteiger charge is 2.29. The molecule has 4 aromatic rings. The summed E-state index contributed by atoms with van der Waals surface area (Å²) in [7, 11) is 1.38. The van der Waals surface area contributed by atoms with E-state index in [1.807, 2.05) is 28.7 Å². The summed E-state index contributed by atoms with van der Waals surface area (Å²) in [5.74, 6) is 0.142. The van der Waals surface area contributed by atoms with Crippen LogP contribution in [0.15, 0.2) is 35.5 Å². The fraction of sp³-hybridized carbons (Fsp3) is 0.333. The summed E-state index contributed by atoms with van der Waals surface area (Å²) < 4.78 is 6.99. The molecule has 0 spiro atoms. The minimum Gasteiger partial charge on any atom is -0.465 e. The lowest BCUT2D eigenvalue weighted by atomic mass is 9.88. The molecule has 1 atom stereocenters. The average Bonchev–Trinajstić information content (AvgIpc) is 3.37. The van der Waals surface area contributed by atoms with Crippen molar-refractivity contribution >= 4 is 56.5 Å². The molecule has 9 heteroatoms. The van der Waals surface area contributed by atoms with Crippen LogP contribution in [0.4, 0.5) is 5.00 Å². The lowest BCUT2D eigenvalue weighted by molar-refractivity contribution is -0.113. The zero-order chi connectivity index (χ0) is 23.1. The number of hydrogen-bond donors (Lipinski definition) is 1. The number of pyridine rings is 1. The molecule has 5 rings (SSSR count). The van der Waals surface area contributed by atoms with E-state index in [0.717, 1.165) is 46.9 Å². The molecule has 3 heterocycles. The van der Waals surface area contributed by atoms with Crippen LogP contribution in [0.1, 0.15) is 39.7 Å². The number of nitrogens with zero attached hydrogens (tertiary/aromatic N) is 3. The maximum atomic E-state index is 12.9. The standard InChI is InChI=1S/C24H24N4O3S2/c1-13-8-9-16-18(10-13)33-22(21(16)23(30)31-3)25-20(29)12-32-24-27-26-19-11-14(2)15-6-4-5-7-17(15)28(19)24/h4-7,11,13H,8-10,12H2,1-3H3,(H,25,29)/t13-/m1/s1. The number of carbonyl (C=O) groups is 2. The fourth-order valence-electron chi connectivity index (χ4n) is 4.42. The Morgan fingerprint density at radius 2 is 2.12 bits per heavy atom. The van der Waals surface area contributed by atoms with Crippen LogP contribution in [0, 0.1) is 12.8 Å². The number of para-hydroxylation sites is 1. The summed E-state index contributed by atoms with van der Waals surface area (Å²) in [6.07, 6.45) is 2.79. The highest BCUT2D eigenvalue weighted by Crippen LogP contribution is 2.40. The Hall–Kier alpha value is -2.91. The number of aryl methyl sites for hydroxylation is 1. The van der Waals surface area contributed by atoms with Gasteiger partial charge in [-0.2, -0.15) is 0 Å². The second kappa shape index (κ2) is 8.79. The number of amides is 1. The molecule has 1 aliphatic rings. The third-order valence-corrected chi connectivity index (χ3v) is 8.16. The van der Waals surface area contributed by atoms with Gasteiger partial charge in [-0.05, 0) is 55.4 Å². The van der Waals surface area contributed by atoms with Gasteiger partial charge in [0.2, 0.25) is 5.91 Å². The van der Waals surface area contributed by atoms with E-state index in [0.29, 0.717) is 21.6 Å². The summed E-state index contributed by atoms with van der Waals surface area (Å²) in [4.78, 5) is 26.5. The van der Waals surface area contributed by atoms with Gasteiger partial charge in [0.05, 0.1) is 23.9 Å². The Morgan fingerprint density at radius 3 is 2.94 bits per heavy atom. The van der Waals surface area contributed by atoms with E-state index >= 15 is 0 Å². The van der Waals surface area contributed by atoms with Gasteiger partial charge in [0.1, 0.15) is 5.00 Å². The highest BCUT2D eigenvalue weighted by molar-refractivity contribution is 7.99. The summed E-state index contributed by atoms with van der Waals surface area (Å²) in [6.45, 7) is 4.26. The number of rotatable bonds is 5. The minimum absolute atomic E-state index is 0.155. The van der Waals surface area contributed by atoms with Gasteiger partial charge in [0.25, 0.3) is 0 Å². The SMILES string of the molecule is COC(=O)c1c(NC(=O)CSc2nnc3cc(C)c4ccccc4n23)sc2c1CC[C@@H](C)C2. The van der Waals surface area contributed by atoms with Gasteiger partial charge >= 0.3 is 5.97 Å². The van der Waals surface area contributed by atoms with Gasteiger partial charge in [-0.3, -0.25) is 9.20 Å². The van der Waals surface area contributed by atoms with Gasteiger partial charge in [0.15, 0.2) is 10.8 Å². The van der Waals surface area contributed by atoms with Crippen molar-refractivity contribution in [3.63, 3.8) is 0 Å². The van der Waals surface area contributed by atoms with Crippen molar-refractivity contribution in [2.45, 2.75) is 38.3 Å². The van der Waals surface area contributed by atoms with Crippen LogP contribution >= 0.6 is 23.1 Å². The first kappa shape index (κ1) is 21.9. The summed E-state index contributed by atoms with van der Waals surface area (Å²) in [6, 6.07) is 10.1. The summed E-state index contributed by atoms with van der Waals surface area (Å²) in [5, 5.41) is 13.9. The molecule has 3 aromatic heterocycles. The van der Waals surface area contributed by atoms with Crippen molar-refractivity contribution in [2.75, 3.05) is 18.2 Å². The Labute approximate surface area is 199 Å². The highest BCUT2D eigenvalue weighted by atomic mass is 32.2. The second-order valence-electron chi connectivity index (χ2n) is 8.41. The first-order valence-electron chi connectivity index (χ1n) is 10.8. The first-order valence-corrected chi connectivity index (χ1v) is 12.7. The number of thioether (sulfide) groups is 1. The quantitative estimate of drug-likeness (QED) is 0.323. The van der Waals surface area contributed by atoms with Crippen molar-refractivity contribution in [3.05, 3.63) is 51.9 Å². The summed E-state index contributed by atoms with van der Waals surface area (Å²) >= 11 is 2.82. The molecule has 170 valence electrons. The van der Waals surface area contributed by atoms with E-state index in [2.05, 4.69) is 35.4 Å². The van der Waals surface area contributed by atoms with Crippen molar-refractivity contribution < 1.29 is 14.3 Å². The fourth-order valence-corrected chi connectivity index (χ4v) is 6.58. The van der Waals surface area contributed by atoms with Gasteiger partial charge < -0.3 is 10.1 Å². The molecule has 1 N–H and O–H groups in total. The lowest BCUT2D eigenvalue weighted by Crippen LogP contribution is -2.17. The van der Waals surface area contributed by atoms with Crippen LogP contribution in [0.5, 0.6) is 0 Å². The molecule has 0 radical (unpaired) electrons. The van der Waals surface area contributed by atoms with Gasteiger partial charge in [-0.15, -0.1) is 21.5 Å². The monoisotopic (exact) mass is 480 g/mol. The molecule has 7 nitrogen and oxygen atoms in total. The predicted octanol–water partition coefficient (Wildman–Crippen LogP) is 4.89. The topological polar surface area (TPSA) is 85.6 Å². The Kier molecular flexibility index (Phi) is 5.84. The molecule has 0 unspecified atom stereocenters. The zero-order valence-electron chi connectivity index (χ0n) is 18.7. The lowest BCUT2D eigenvalue weighted by Gasteiger charge is -2.18.